The molecule has 4 rings (SSSR count). The number of aromatic nitrogens is 1. The van der Waals surface area contributed by atoms with E-state index in [0.29, 0.717) is 5.92 Å². The standard InChI is InChI=1S/C17H15BrN2O/c18-13-3-1-2-12(8-13)14-9-15(14)17(21)20-7-5-11-4-6-19-10-16(11)20/h1-4,6,8,10,14-15H,5,7,9H2/t14-,15-/m0/s1. The van der Waals surface area contributed by atoms with Crippen LogP contribution < -0.4 is 4.90 Å². The molecule has 106 valence electrons. The van der Waals surface area contributed by atoms with Crippen molar-refractivity contribution in [2.45, 2.75) is 18.8 Å². The van der Waals surface area contributed by atoms with Crippen molar-refractivity contribution < 1.29 is 4.79 Å². The number of rotatable bonds is 2. The molecule has 1 aliphatic carbocycles. The molecule has 1 aliphatic heterocycles. The molecule has 4 heteroatoms. The first-order valence-electron chi connectivity index (χ1n) is 7.24. The first-order valence-corrected chi connectivity index (χ1v) is 8.03. The fraction of sp³-hybridized carbons (Fsp3) is 0.294. The number of carbonyl (C=O) groups excluding carboxylic acids is 1. The number of anilines is 1. The lowest BCUT2D eigenvalue weighted by Gasteiger charge is -2.17. The minimum Gasteiger partial charge on any atom is -0.310 e. The molecule has 2 atom stereocenters. The first kappa shape index (κ1) is 13.0. The SMILES string of the molecule is O=C([C@H]1C[C@H]1c1cccc(Br)c1)N1CCc2ccncc21. The van der Waals surface area contributed by atoms with Gasteiger partial charge in [-0.2, -0.15) is 0 Å². The number of nitrogens with zero attached hydrogens (tertiary/aromatic N) is 2. The minimum absolute atomic E-state index is 0.130. The van der Waals surface area contributed by atoms with Crippen LogP contribution in [0.3, 0.4) is 0 Å². The van der Waals surface area contributed by atoms with E-state index in [1.165, 1.54) is 11.1 Å². The Balaban J connectivity index is 1.53. The molecule has 3 nitrogen and oxygen atoms in total. The monoisotopic (exact) mass is 342 g/mol. The van der Waals surface area contributed by atoms with Gasteiger partial charge in [0, 0.05) is 23.1 Å². The average molecular weight is 343 g/mol. The summed E-state index contributed by atoms with van der Waals surface area (Å²) in [5.41, 5.74) is 3.49. The number of pyridine rings is 1. The number of benzene rings is 1. The maximum absolute atomic E-state index is 12.7. The Kier molecular flexibility index (Phi) is 3.07. The lowest BCUT2D eigenvalue weighted by Crippen LogP contribution is -2.30. The van der Waals surface area contributed by atoms with Crippen molar-refractivity contribution in [2.75, 3.05) is 11.4 Å². The molecule has 0 unspecified atom stereocenters. The van der Waals surface area contributed by atoms with Gasteiger partial charge >= 0.3 is 0 Å². The van der Waals surface area contributed by atoms with E-state index in [9.17, 15) is 4.79 Å². The summed E-state index contributed by atoms with van der Waals surface area (Å²) in [6.45, 7) is 0.793. The van der Waals surface area contributed by atoms with E-state index in [0.717, 1.165) is 29.5 Å². The number of hydrogen-bond donors (Lipinski definition) is 0. The van der Waals surface area contributed by atoms with Gasteiger partial charge in [-0.3, -0.25) is 9.78 Å². The maximum atomic E-state index is 12.7. The van der Waals surface area contributed by atoms with Crippen LogP contribution in [0.2, 0.25) is 0 Å². The van der Waals surface area contributed by atoms with Crippen LogP contribution in [-0.2, 0) is 11.2 Å². The van der Waals surface area contributed by atoms with Crippen LogP contribution in [0.15, 0.2) is 47.2 Å². The van der Waals surface area contributed by atoms with E-state index in [1.807, 2.05) is 29.3 Å². The Morgan fingerprint density at radius 1 is 1.33 bits per heavy atom. The summed E-state index contributed by atoms with van der Waals surface area (Å²) in [6.07, 6.45) is 5.52. The predicted octanol–water partition coefficient (Wildman–Crippen LogP) is 3.54. The predicted molar refractivity (Wildman–Crippen MR) is 85.3 cm³/mol. The minimum atomic E-state index is 0.130. The molecular formula is C17H15BrN2O. The largest absolute Gasteiger partial charge is 0.310 e. The van der Waals surface area contributed by atoms with Gasteiger partial charge in [0.25, 0.3) is 0 Å². The van der Waals surface area contributed by atoms with Crippen LogP contribution in [0, 0.1) is 5.92 Å². The van der Waals surface area contributed by atoms with E-state index in [-0.39, 0.29) is 11.8 Å². The summed E-state index contributed by atoms with van der Waals surface area (Å²) >= 11 is 3.50. The third-order valence-corrected chi connectivity index (χ3v) is 4.93. The van der Waals surface area contributed by atoms with Crippen LogP contribution >= 0.6 is 15.9 Å². The molecule has 1 amide bonds. The van der Waals surface area contributed by atoms with Crippen molar-refractivity contribution in [2.24, 2.45) is 5.92 Å². The van der Waals surface area contributed by atoms with Crippen molar-refractivity contribution >= 4 is 27.5 Å². The summed E-state index contributed by atoms with van der Waals surface area (Å²) in [5.74, 6) is 0.757. The van der Waals surface area contributed by atoms with E-state index in [4.69, 9.17) is 0 Å². The highest BCUT2D eigenvalue weighted by Crippen LogP contribution is 2.49. The molecule has 2 aromatic rings. The lowest BCUT2D eigenvalue weighted by molar-refractivity contribution is -0.119. The summed E-state index contributed by atoms with van der Waals surface area (Å²) in [4.78, 5) is 18.8. The van der Waals surface area contributed by atoms with Gasteiger partial charge in [-0.25, -0.2) is 0 Å². The Labute approximate surface area is 132 Å². The Bertz CT molecular complexity index is 715. The zero-order valence-electron chi connectivity index (χ0n) is 11.5. The Hall–Kier alpha value is -1.68. The average Bonchev–Trinajstić information content (AvgIpc) is 3.19. The molecule has 0 radical (unpaired) electrons. The van der Waals surface area contributed by atoms with Crippen molar-refractivity contribution in [1.29, 1.82) is 0 Å². The van der Waals surface area contributed by atoms with Crippen molar-refractivity contribution in [1.82, 2.24) is 4.98 Å². The fourth-order valence-electron chi connectivity index (χ4n) is 3.22. The third-order valence-electron chi connectivity index (χ3n) is 4.43. The van der Waals surface area contributed by atoms with Crippen molar-refractivity contribution in [3.8, 4) is 0 Å². The van der Waals surface area contributed by atoms with E-state index < -0.39 is 0 Å². The van der Waals surface area contributed by atoms with E-state index in [1.54, 1.807) is 6.20 Å². The quantitative estimate of drug-likeness (QED) is 0.836. The van der Waals surface area contributed by atoms with Gasteiger partial charge in [0.05, 0.1) is 11.9 Å². The molecule has 0 spiro atoms. The maximum Gasteiger partial charge on any atom is 0.230 e. The zero-order valence-corrected chi connectivity index (χ0v) is 13.1. The molecule has 0 bridgehead atoms. The molecule has 0 saturated heterocycles. The number of carbonyl (C=O) groups is 1. The Morgan fingerprint density at radius 2 is 2.24 bits per heavy atom. The zero-order chi connectivity index (χ0) is 14.4. The number of halogens is 1. The summed E-state index contributed by atoms with van der Waals surface area (Å²) in [7, 11) is 0. The molecule has 0 N–H and O–H groups in total. The number of fused-ring (bicyclic) bond motifs is 1. The molecule has 1 aromatic heterocycles. The first-order chi connectivity index (χ1) is 10.2. The van der Waals surface area contributed by atoms with Crippen molar-refractivity contribution in [3.63, 3.8) is 0 Å². The van der Waals surface area contributed by atoms with Crippen LogP contribution in [0.4, 0.5) is 5.69 Å². The van der Waals surface area contributed by atoms with Gasteiger partial charge in [-0.05, 0) is 48.1 Å². The molecule has 21 heavy (non-hydrogen) atoms. The third kappa shape index (κ3) is 2.27. The van der Waals surface area contributed by atoms with Crippen LogP contribution in [0.5, 0.6) is 0 Å². The second-order valence-electron chi connectivity index (χ2n) is 5.75. The van der Waals surface area contributed by atoms with Gasteiger partial charge in [0.15, 0.2) is 0 Å². The van der Waals surface area contributed by atoms with Crippen molar-refractivity contribution in [3.05, 3.63) is 58.3 Å². The molecule has 2 aliphatic rings. The van der Waals surface area contributed by atoms with Crippen LogP contribution in [-0.4, -0.2) is 17.4 Å². The second-order valence-corrected chi connectivity index (χ2v) is 6.66. The molecule has 1 fully saturated rings. The fourth-order valence-corrected chi connectivity index (χ4v) is 3.64. The van der Waals surface area contributed by atoms with Crippen LogP contribution in [0.25, 0.3) is 0 Å². The second kappa shape index (κ2) is 4.95. The van der Waals surface area contributed by atoms with Gasteiger partial charge in [0.2, 0.25) is 5.91 Å². The molecule has 1 aromatic carbocycles. The topological polar surface area (TPSA) is 33.2 Å². The smallest absolute Gasteiger partial charge is 0.230 e. The lowest BCUT2D eigenvalue weighted by atomic mass is 10.1. The molecule has 1 saturated carbocycles. The number of amides is 1. The molecular weight excluding hydrogens is 328 g/mol. The van der Waals surface area contributed by atoms with E-state index in [2.05, 4.69) is 33.0 Å². The highest BCUT2D eigenvalue weighted by Gasteiger charge is 2.46. The summed E-state index contributed by atoms with van der Waals surface area (Å²) in [5, 5.41) is 0. The molecule has 2 heterocycles. The van der Waals surface area contributed by atoms with Gasteiger partial charge in [0.1, 0.15) is 0 Å². The van der Waals surface area contributed by atoms with E-state index >= 15 is 0 Å². The summed E-state index contributed by atoms with van der Waals surface area (Å²) < 4.78 is 1.08. The highest BCUT2D eigenvalue weighted by atomic mass is 79.9. The van der Waals surface area contributed by atoms with Gasteiger partial charge < -0.3 is 4.90 Å². The summed E-state index contributed by atoms with van der Waals surface area (Å²) in [6, 6.07) is 10.3. The normalized spacial score (nSPS) is 23.0. The van der Waals surface area contributed by atoms with Gasteiger partial charge in [-0.15, -0.1) is 0 Å². The van der Waals surface area contributed by atoms with Gasteiger partial charge in [-0.1, -0.05) is 28.1 Å². The van der Waals surface area contributed by atoms with Crippen LogP contribution in [0.1, 0.15) is 23.5 Å². The Morgan fingerprint density at radius 3 is 3.10 bits per heavy atom. The highest BCUT2D eigenvalue weighted by molar-refractivity contribution is 9.10. The number of hydrogen-bond acceptors (Lipinski definition) is 2.